The second kappa shape index (κ2) is 9.39. The maximum absolute atomic E-state index is 5.72. The lowest BCUT2D eigenvalue weighted by molar-refractivity contribution is -0.176. The van der Waals surface area contributed by atoms with Gasteiger partial charge in [0.15, 0.2) is 5.96 Å². The van der Waals surface area contributed by atoms with Crippen molar-refractivity contribution in [2.45, 2.75) is 72.7 Å². The Labute approximate surface area is 175 Å². The van der Waals surface area contributed by atoms with Gasteiger partial charge in [-0.05, 0) is 26.2 Å². The molecule has 0 aromatic carbocycles. The van der Waals surface area contributed by atoms with Crippen LogP contribution in [0, 0.1) is 11.3 Å². The summed E-state index contributed by atoms with van der Waals surface area (Å²) < 4.78 is 7.91. The Bertz CT molecular complexity index is 599. The van der Waals surface area contributed by atoms with Crippen molar-refractivity contribution < 1.29 is 4.74 Å². The van der Waals surface area contributed by atoms with Crippen molar-refractivity contribution in [2.24, 2.45) is 16.3 Å². The second-order valence-electron chi connectivity index (χ2n) is 8.14. The summed E-state index contributed by atoms with van der Waals surface area (Å²) in [5, 5.41) is 6.93. The van der Waals surface area contributed by atoms with E-state index < -0.39 is 0 Å². The van der Waals surface area contributed by atoms with E-state index in [1.807, 2.05) is 12.4 Å². The zero-order valence-corrected chi connectivity index (χ0v) is 19.6. The fourth-order valence-electron chi connectivity index (χ4n) is 3.41. The molecule has 150 valence electrons. The normalized spacial score (nSPS) is 24.8. The van der Waals surface area contributed by atoms with Crippen LogP contribution in [0.25, 0.3) is 0 Å². The van der Waals surface area contributed by atoms with Gasteiger partial charge in [-0.25, -0.2) is 9.98 Å². The standard InChI is InChI=1S/C19H35N5O.HI/c1-8-20-17(23-15-11-19(6,25-7)18(15,4)5)22-12-16-21-9-10-24(16)13-14(2)3;/h9-10,14-15H,8,11-13H2,1-7H3,(H2,20,22,23);1H. The molecule has 1 aromatic heterocycles. The lowest BCUT2D eigenvalue weighted by atomic mass is 9.56. The number of ether oxygens (including phenoxy) is 1. The molecule has 1 aliphatic rings. The first-order valence-electron chi connectivity index (χ1n) is 9.33. The minimum Gasteiger partial charge on any atom is -0.378 e. The lowest BCUT2D eigenvalue weighted by Crippen LogP contribution is -2.69. The molecule has 0 saturated heterocycles. The number of aromatic nitrogens is 2. The number of aliphatic imine (C=N–C) groups is 1. The Morgan fingerprint density at radius 1 is 1.42 bits per heavy atom. The monoisotopic (exact) mass is 477 g/mol. The number of hydrogen-bond donors (Lipinski definition) is 2. The Hall–Kier alpha value is -0.830. The lowest BCUT2D eigenvalue weighted by Gasteiger charge is -2.59. The highest BCUT2D eigenvalue weighted by Gasteiger charge is 2.58. The van der Waals surface area contributed by atoms with E-state index in [1.54, 1.807) is 7.11 Å². The molecule has 0 radical (unpaired) electrons. The van der Waals surface area contributed by atoms with Crippen molar-refractivity contribution in [3.05, 3.63) is 18.2 Å². The summed E-state index contributed by atoms with van der Waals surface area (Å²) in [6.45, 7) is 15.6. The van der Waals surface area contributed by atoms with Crippen LogP contribution in [-0.4, -0.2) is 40.8 Å². The molecular weight excluding hydrogens is 441 g/mol. The van der Waals surface area contributed by atoms with Crippen molar-refractivity contribution in [1.82, 2.24) is 20.2 Å². The van der Waals surface area contributed by atoms with Crippen LogP contribution in [0.15, 0.2) is 17.4 Å². The smallest absolute Gasteiger partial charge is 0.191 e. The predicted octanol–water partition coefficient (Wildman–Crippen LogP) is 3.42. The molecule has 1 aromatic rings. The molecule has 0 bridgehead atoms. The van der Waals surface area contributed by atoms with E-state index in [4.69, 9.17) is 9.73 Å². The number of halogens is 1. The highest BCUT2D eigenvalue weighted by Crippen LogP contribution is 2.51. The summed E-state index contributed by atoms with van der Waals surface area (Å²) in [4.78, 5) is 9.22. The maximum atomic E-state index is 5.72. The summed E-state index contributed by atoms with van der Waals surface area (Å²) in [5.41, 5.74) is -0.0381. The van der Waals surface area contributed by atoms with Gasteiger partial charge in [0.25, 0.3) is 0 Å². The Kier molecular flexibility index (Phi) is 8.38. The SMILES string of the molecule is CCNC(=NCc1nccn1CC(C)C)NC1CC(C)(OC)C1(C)C.I. The topological polar surface area (TPSA) is 63.5 Å². The van der Waals surface area contributed by atoms with Crippen LogP contribution in [-0.2, 0) is 17.8 Å². The second-order valence-corrected chi connectivity index (χ2v) is 8.14. The van der Waals surface area contributed by atoms with Crippen molar-refractivity contribution in [2.75, 3.05) is 13.7 Å². The summed E-state index contributed by atoms with van der Waals surface area (Å²) >= 11 is 0. The third kappa shape index (κ3) is 4.91. The van der Waals surface area contributed by atoms with Gasteiger partial charge < -0.3 is 19.9 Å². The van der Waals surface area contributed by atoms with Gasteiger partial charge in [0.05, 0.1) is 5.60 Å². The third-order valence-electron chi connectivity index (χ3n) is 5.68. The first kappa shape index (κ1) is 23.2. The number of nitrogens with one attached hydrogen (secondary N) is 2. The van der Waals surface area contributed by atoms with Gasteiger partial charge in [0, 0.05) is 44.0 Å². The summed E-state index contributed by atoms with van der Waals surface area (Å²) in [6, 6.07) is 0.339. The van der Waals surface area contributed by atoms with E-state index in [-0.39, 0.29) is 35.0 Å². The highest BCUT2D eigenvalue weighted by atomic mass is 127. The molecule has 7 heteroatoms. The zero-order chi connectivity index (χ0) is 18.7. The van der Waals surface area contributed by atoms with Crippen molar-refractivity contribution in [3.63, 3.8) is 0 Å². The first-order valence-corrected chi connectivity index (χ1v) is 9.33. The molecule has 2 rings (SSSR count). The van der Waals surface area contributed by atoms with Crippen LogP contribution in [0.2, 0.25) is 0 Å². The quantitative estimate of drug-likeness (QED) is 0.359. The molecule has 1 heterocycles. The van der Waals surface area contributed by atoms with Crippen LogP contribution in [0.5, 0.6) is 0 Å². The Morgan fingerprint density at radius 2 is 2.12 bits per heavy atom. The molecule has 2 N–H and O–H groups in total. The molecule has 26 heavy (non-hydrogen) atoms. The van der Waals surface area contributed by atoms with Gasteiger partial charge in [0.2, 0.25) is 0 Å². The van der Waals surface area contributed by atoms with Gasteiger partial charge in [-0.1, -0.05) is 27.7 Å². The number of nitrogens with zero attached hydrogens (tertiary/aromatic N) is 3. The molecule has 1 aliphatic carbocycles. The van der Waals surface area contributed by atoms with Crippen molar-refractivity contribution in [3.8, 4) is 0 Å². The van der Waals surface area contributed by atoms with Gasteiger partial charge in [0.1, 0.15) is 12.4 Å². The molecule has 0 spiro atoms. The fraction of sp³-hybridized carbons (Fsp3) is 0.789. The minimum absolute atomic E-state index is 0. The van der Waals surface area contributed by atoms with E-state index in [9.17, 15) is 0 Å². The van der Waals surface area contributed by atoms with Crippen LogP contribution in [0.3, 0.4) is 0 Å². The number of hydrogen-bond acceptors (Lipinski definition) is 3. The Balaban J connectivity index is 0.00000338. The van der Waals surface area contributed by atoms with Gasteiger partial charge in [-0.3, -0.25) is 0 Å². The number of methoxy groups -OCH3 is 1. The zero-order valence-electron chi connectivity index (χ0n) is 17.3. The average Bonchev–Trinajstić information content (AvgIpc) is 2.98. The van der Waals surface area contributed by atoms with Crippen LogP contribution in [0.1, 0.15) is 53.8 Å². The maximum Gasteiger partial charge on any atom is 0.191 e. The van der Waals surface area contributed by atoms with Crippen molar-refractivity contribution >= 4 is 29.9 Å². The molecule has 6 nitrogen and oxygen atoms in total. The van der Waals surface area contributed by atoms with Crippen molar-refractivity contribution in [1.29, 1.82) is 0 Å². The minimum atomic E-state index is -0.0878. The summed E-state index contributed by atoms with van der Waals surface area (Å²) in [7, 11) is 1.80. The van der Waals surface area contributed by atoms with Crippen LogP contribution < -0.4 is 10.6 Å². The van der Waals surface area contributed by atoms with Gasteiger partial charge in [-0.15, -0.1) is 24.0 Å². The predicted molar refractivity (Wildman–Crippen MR) is 118 cm³/mol. The van der Waals surface area contributed by atoms with Crippen LogP contribution >= 0.6 is 24.0 Å². The number of rotatable bonds is 7. The number of imidazole rings is 1. The molecule has 0 aliphatic heterocycles. The average molecular weight is 477 g/mol. The van der Waals surface area contributed by atoms with E-state index in [1.165, 1.54) is 0 Å². The van der Waals surface area contributed by atoms with Gasteiger partial charge >= 0.3 is 0 Å². The molecule has 2 atom stereocenters. The summed E-state index contributed by atoms with van der Waals surface area (Å²) in [6.07, 6.45) is 4.86. The largest absolute Gasteiger partial charge is 0.378 e. The first-order chi connectivity index (χ1) is 11.7. The van der Waals surface area contributed by atoms with E-state index >= 15 is 0 Å². The third-order valence-corrected chi connectivity index (χ3v) is 5.68. The molecule has 1 saturated carbocycles. The molecule has 1 fully saturated rings. The summed E-state index contributed by atoms with van der Waals surface area (Å²) in [5.74, 6) is 2.43. The molecular formula is C19H36IN5O. The van der Waals surface area contributed by atoms with E-state index in [0.717, 1.165) is 31.3 Å². The van der Waals surface area contributed by atoms with E-state index in [0.29, 0.717) is 18.5 Å². The Morgan fingerprint density at radius 3 is 2.65 bits per heavy atom. The van der Waals surface area contributed by atoms with Crippen LogP contribution in [0.4, 0.5) is 0 Å². The molecule has 0 amide bonds. The molecule has 2 unspecified atom stereocenters. The van der Waals surface area contributed by atoms with E-state index in [2.05, 4.69) is 61.7 Å². The highest BCUT2D eigenvalue weighted by molar-refractivity contribution is 14.0. The van der Waals surface area contributed by atoms with Gasteiger partial charge in [-0.2, -0.15) is 0 Å². The fourth-order valence-corrected chi connectivity index (χ4v) is 3.41. The number of guanidine groups is 1.